The molecule has 3 nitrogen and oxygen atoms in total. The van der Waals surface area contributed by atoms with Gasteiger partial charge in [-0.25, -0.2) is 4.98 Å². The summed E-state index contributed by atoms with van der Waals surface area (Å²) in [4.78, 5) is 4.79. The van der Waals surface area contributed by atoms with Gasteiger partial charge in [0.1, 0.15) is 5.82 Å². The molecule has 1 fully saturated rings. The lowest BCUT2D eigenvalue weighted by Crippen LogP contribution is -2.30. The van der Waals surface area contributed by atoms with Crippen LogP contribution >= 0.6 is 23.2 Å². The molecule has 5 heteroatoms. The number of benzene rings is 1. The topological polar surface area (TPSA) is 29.9 Å². The highest BCUT2D eigenvalue weighted by atomic mass is 35.5. The molecule has 1 saturated heterocycles. The molecule has 1 aliphatic heterocycles. The smallest absolute Gasteiger partial charge is 0.112 e. The summed E-state index contributed by atoms with van der Waals surface area (Å²) in [6, 6.07) is 4.33. The predicted octanol–water partition coefficient (Wildman–Crippen LogP) is 4.39. The summed E-state index contributed by atoms with van der Waals surface area (Å²) < 4.78 is 2.38. The number of piperidine rings is 1. The highest BCUT2D eigenvalue weighted by Gasteiger charge is 2.23. The van der Waals surface area contributed by atoms with Gasteiger partial charge in [0, 0.05) is 12.0 Å². The molecule has 2 aromatic rings. The third-order valence-corrected chi connectivity index (χ3v) is 4.67. The van der Waals surface area contributed by atoms with Gasteiger partial charge < -0.3 is 9.88 Å². The van der Waals surface area contributed by atoms with E-state index in [0.717, 1.165) is 42.8 Å². The van der Waals surface area contributed by atoms with E-state index in [9.17, 15) is 0 Å². The molecule has 1 aliphatic rings. The third kappa shape index (κ3) is 2.43. The fourth-order valence-electron chi connectivity index (χ4n) is 2.96. The maximum Gasteiger partial charge on any atom is 0.112 e. The second-order valence-electron chi connectivity index (χ2n) is 5.73. The third-order valence-electron chi connectivity index (χ3n) is 3.95. The van der Waals surface area contributed by atoms with Crippen LogP contribution in [0.2, 0.25) is 10.0 Å². The van der Waals surface area contributed by atoms with Crippen molar-refractivity contribution in [1.82, 2.24) is 14.9 Å². The van der Waals surface area contributed by atoms with Crippen molar-refractivity contribution < 1.29 is 0 Å². The lowest BCUT2D eigenvalue weighted by Gasteiger charge is -2.27. The number of halogens is 2. The van der Waals surface area contributed by atoms with Crippen molar-refractivity contribution in [2.24, 2.45) is 0 Å². The predicted molar refractivity (Wildman–Crippen MR) is 85.0 cm³/mol. The van der Waals surface area contributed by atoms with E-state index in [-0.39, 0.29) is 0 Å². The number of nitrogens with zero attached hydrogens (tertiary/aromatic N) is 2. The molecule has 0 radical (unpaired) electrons. The number of nitrogens with one attached hydrogen (secondary N) is 1. The summed E-state index contributed by atoms with van der Waals surface area (Å²) in [7, 11) is 0. The summed E-state index contributed by atoms with van der Waals surface area (Å²) in [6.45, 7) is 6.48. The van der Waals surface area contributed by atoms with Gasteiger partial charge in [-0.3, -0.25) is 0 Å². The van der Waals surface area contributed by atoms with E-state index in [1.807, 2.05) is 12.1 Å². The second kappa shape index (κ2) is 5.55. The van der Waals surface area contributed by atoms with E-state index in [2.05, 4.69) is 23.7 Å². The molecule has 0 spiro atoms. The van der Waals surface area contributed by atoms with Crippen LogP contribution in [0.25, 0.3) is 11.0 Å². The molecule has 108 valence electrons. The minimum absolute atomic E-state index is 0.384. The fourth-order valence-corrected chi connectivity index (χ4v) is 3.28. The van der Waals surface area contributed by atoms with Crippen LogP contribution in [-0.2, 0) is 0 Å². The van der Waals surface area contributed by atoms with Crippen LogP contribution in [0.4, 0.5) is 0 Å². The first kappa shape index (κ1) is 14.2. The first-order valence-electron chi connectivity index (χ1n) is 7.15. The van der Waals surface area contributed by atoms with Crippen molar-refractivity contribution >= 4 is 34.2 Å². The molecule has 3 rings (SSSR count). The summed E-state index contributed by atoms with van der Waals surface area (Å²) in [5.74, 6) is 1.51. The highest BCUT2D eigenvalue weighted by Crippen LogP contribution is 2.34. The first-order chi connectivity index (χ1) is 9.58. The highest BCUT2D eigenvalue weighted by molar-refractivity contribution is 6.42. The maximum absolute atomic E-state index is 6.20. The minimum Gasteiger partial charge on any atom is -0.325 e. The van der Waals surface area contributed by atoms with Crippen LogP contribution in [0, 0.1) is 0 Å². The maximum atomic E-state index is 6.20. The van der Waals surface area contributed by atoms with E-state index in [0.29, 0.717) is 22.0 Å². The Kier molecular flexibility index (Phi) is 3.93. The average Bonchev–Trinajstić information content (AvgIpc) is 2.79. The fraction of sp³-hybridized carbons (Fsp3) is 0.533. The largest absolute Gasteiger partial charge is 0.325 e. The molecule has 0 atom stereocenters. The van der Waals surface area contributed by atoms with Gasteiger partial charge in [0.15, 0.2) is 0 Å². The summed E-state index contributed by atoms with van der Waals surface area (Å²) in [5, 5.41) is 4.59. The van der Waals surface area contributed by atoms with E-state index >= 15 is 0 Å². The number of hydrogen-bond acceptors (Lipinski definition) is 2. The van der Waals surface area contributed by atoms with Crippen molar-refractivity contribution in [1.29, 1.82) is 0 Å². The molecule has 0 aliphatic carbocycles. The van der Waals surface area contributed by atoms with Crippen molar-refractivity contribution in [3.8, 4) is 0 Å². The Morgan fingerprint density at radius 2 is 1.85 bits per heavy atom. The van der Waals surface area contributed by atoms with Crippen LogP contribution in [0.5, 0.6) is 0 Å². The minimum atomic E-state index is 0.384. The molecule has 1 N–H and O–H groups in total. The molecule has 0 saturated carbocycles. The quantitative estimate of drug-likeness (QED) is 0.891. The molecule has 2 heterocycles. The molecule has 0 amide bonds. The zero-order chi connectivity index (χ0) is 14.3. The van der Waals surface area contributed by atoms with Gasteiger partial charge in [0.25, 0.3) is 0 Å². The van der Waals surface area contributed by atoms with Gasteiger partial charge >= 0.3 is 0 Å². The van der Waals surface area contributed by atoms with E-state index in [4.69, 9.17) is 28.2 Å². The number of aromatic nitrogens is 2. The number of hydrogen-bond donors (Lipinski definition) is 1. The van der Waals surface area contributed by atoms with E-state index in [1.165, 1.54) is 0 Å². The Morgan fingerprint density at radius 3 is 2.50 bits per heavy atom. The molecule has 20 heavy (non-hydrogen) atoms. The Bertz CT molecular complexity index is 628. The van der Waals surface area contributed by atoms with Crippen molar-refractivity contribution in [2.75, 3.05) is 13.1 Å². The summed E-state index contributed by atoms with van der Waals surface area (Å²) in [5.41, 5.74) is 2.05. The number of rotatable bonds is 2. The molecular formula is C15H19Cl2N3. The van der Waals surface area contributed by atoms with Crippen LogP contribution in [-0.4, -0.2) is 22.6 Å². The van der Waals surface area contributed by atoms with Crippen LogP contribution in [0.3, 0.4) is 0 Å². The first-order valence-corrected chi connectivity index (χ1v) is 7.91. The number of imidazole rings is 1. The Hall–Kier alpha value is -0.770. The summed E-state index contributed by atoms with van der Waals surface area (Å²) >= 11 is 12.3. The van der Waals surface area contributed by atoms with Crippen LogP contribution in [0.1, 0.15) is 44.5 Å². The number of fused-ring (bicyclic) bond motifs is 1. The van der Waals surface area contributed by atoms with Crippen molar-refractivity contribution in [2.45, 2.75) is 38.6 Å². The molecule has 1 aromatic carbocycles. The van der Waals surface area contributed by atoms with Gasteiger partial charge in [0.2, 0.25) is 0 Å². The van der Waals surface area contributed by atoms with Gasteiger partial charge in [-0.1, -0.05) is 37.0 Å². The Balaban J connectivity index is 2.20. The van der Waals surface area contributed by atoms with Crippen molar-refractivity contribution in [3.63, 3.8) is 0 Å². The SMILES string of the molecule is CC(C)c1nc2cc(Cl)c(Cl)cc2n1C1CCNCC1. The lowest BCUT2D eigenvalue weighted by molar-refractivity contribution is 0.364. The zero-order valence-electron chi connectivity index (χ0n) is 11.8. The van der Waals surface area contributed by atoms with E-state index in [1.54, 1.807) is 0 Å². The molecule has 1 aromatic heterocycles. The second-order valence-corrected chi connectivity index (χ2v) is 6.55. The monoisotopic (exact) mass is 311 g/mol. The van der Waals surface area contributed by atoms with Crippen LogP contribution in [0.15, 0.2) is 12.1 Å². The lowest BCUT2D eigenvalue weighted by atomic mass is 10.0. The Morgan fingerprint density at radius 1 is 1.20 bits per heavy atom. The van der Waals surface area contributed by atoms with Gasteiger partial charge in [-0.15, -0.1) is 0 Å². The van der Waals surface area contributed by atoms with E-state index < -0.39 is 0 Å². The van der Waals surface area contributed by atoms with Crippen LogP contribution < -0.4 is 5.32 Å². The summed E-state index contributed by atoms with van der Waals surface area (Å²) in [6.07, 6.45) is 2.26. The van der Waals surface area contributed by atoms with Gasteiger partial charge in [-0.05, 0) is 38.1 Å². The van der Waals surface area contributed by atoms with Gasteiger partial charge in [-0.2, -0.15) is 0 Å². The zero-order valence-corrected chi connectivity index (χ0v) is 13.3. The molecule has 0 unspecified atom stereocenters. The standard InChI is InChI=1S/C15H19Cl2N3/c1-9(2)15-19-13-7-11(16)12(17)8-14(13)20(15)10-3-5-18-6-4-10/h7-10,18H,3-6H2,1-2H3. The normalized spacial score (nSPS) is 17.2. The average molecular weight is 312 g/mol. The Labute approximate surface area is 129 Å². The molecule has 0 bridgehead atoms. The van der Waals surface area contributed by atoms with Gasteiger partial charge in [0.05, 0.1) is 21.1 Å². The molecular weight excluding hydrogens is 293 g/mol. The van der Waals surface area contributed by atoms with Crippen molar-refractivity contribution in [3.05, 3.63) is 28.0 Å².